The lowest BCUT2D eigenvalue weighted by molar-refractivity contribution is 0.313. The fraction of sp³-hybridized carbons (Fsp3) is 0.786. The van der Waals surface area contributed by atoms with Gasteiger partial charge in [0.25, 0.3) is 6.01 Å². The van der Waals surface area contributed by atoms with Gasteiger partial charge < -0.3 is 14.6 Å². The van der Waals surface area contributed by atoms with Crippen molar-refractivity contribution in [2.24, 2.45) is 11.8 Å². The van der Waals surface area contributed by atoms with E-state index in [0.29, 0.717) is 5.92 Å². The Kier molecular flexibility index (Phi) is 4.64. The van der Waals surface area contributed by atoms with Gasteiger partial charge in [-0.1, -0.05) is 20.8 Å². The fourth-order valence-electron chi connectivity index (χ4n) is 2.35. The van der Waals surface area contributed by atoms with Gasteiger partial charge in [0.05, 0.1) is 5.69 Å². The molecular formula is C14H25N3O. The molecule has 1 aliphatic heterocycles. The molecule has 2 unspecified atom stereocenters. The molecule has 4 heteroatoms. The van der Waals surface area contributed by atoms with E-state index in [1.165, 1.54) is 6.42 Å². The van der Waals surface area contributed by atoms with Gasteiger partial charge in [-0.2, -0.15) is 4.98 Å². The van der Waals surface area contributed by atoms with E-state index in [1.807, 2.05) is 0 Å². The highest BCUT2D eigenvalue weighted by Gasteiger charge is 2.25. The van der Waals surface area contributed by atoms with Crippen LogP contribution in [0, 0.1) is 11.8 Å². The number of piperidine rings is 1. The molecule has 2 heterocycles. The average molecular weight is 251 g/mol. The lowest BCUT2D eigenvalue weighted by atomic mass is 9.89. The van der Waals surface area contributed by atoms with Gasteiger partial charge >= 0.3 is 0 Å². The van der Waals surface area contributed by atoms with Gasteiger partial charge in [0.2, 0.25) is 0 Å². The molecule has 1 aliphatic rings. The number of anilines is 1. The topological polar surface area (TPSA) is 41.3 Å². The van der Waals surface area contributed by atoms with Gasteiger partial charge in [-0.25, -0.2) is 0 Å². The van der Waals surface area contributed by atoms with Crippen molar-refractivity contribution >= 4 is 6.01 Å². The van der Waals surface area contributed by atoms with E-state index in [1.54, 1.807) is 6.26 Å². The monoisotopic (exact) mass is 251 g/mol. The molecule has 0 radical (unpaired) electrons. The van der Waals surface area contributed by atoms with Crippen molar-refractivity contribution in [3.05, 3.63) is 12.0 Å². The predicted molar refractivity (Wildman–Crippen MR) is 73.7 cm³/mol. The molecule has 1 fully saturated rings. The first-order valence-corrected chi connectivity index (χ1v) is 7.10. The van der Waals surface area contributed by atoms with Gasteiger partial charge in [0.15, 0.2) is 0 Å². The Morgan fingerprint density at radius 2 is 2.28 bits per heavy atom. The third-order valence-electron chi connectivity index (χ3n) is 3.88. The molecule has 4 nitrogen and oxygen atoms in total. The Bertz CT molecular complexity index is 364. The molecule has 1 aromatic heterocycles. The summed E-state index contributed by atoms with van der Waals surface area (Å²) in [4.78, 5) is 6.83. The molecule has 2 atom stereocenters. The quantitative estimate of drug-likeness (QED) is 0.817. The smallest absolute Gasteiger partial charge is 0.297 e. The molecule has 1 aromatic rings. The summed E-state index contributed by atoms with van der Waals surface area (Å²) in [5, 5.41) is 3.34. The minimum atomic E-state index is 0.715. The Morgan fingerprint density at radius 1 is 1.44 bits per heavy atom. The second-order valence-corrected chi connectivity index (χ2v) is 5.49. The van der Waals surface area contributed by atoms with Crippen LogP contribution in [0.15, 0.2) is 10.7 Å². The van der Waals surface area contributed by atoms with Gasteiger partial charge in [-0.05, 0) is 31.2 Å². The standard InChI is InChI=1S/C14H25N3O/c1-4-6-15-8-13-10-18-14(16-13)17-7-5-11(2)12(3)9-17/h10-12,15H,4-9H2,1-3H3. The van der Waals surface area contributed by atoms with Gasteiger partial charge in [0.1, 0.15) is 6.26 Å². The van der Waals surface area contributed by atoms with Crippen LogP contribution in [0.1, 0.15) is 39.3 Å². The van der Waals surface area contributed by atoms with Crippen LogP contribution in [-0.2, 0) is 6.54 Å². The van der Waals surface area contributed by atoms with Gasteiger partial charge in [-0.3, -0.25) is 0 Å². The Balaban J connectivity index is 1.89. The third-order valence-corrected chi connectivity index (χ3v) is 3.88. The molecule has 0 aromatic carbocycles. The van der Waals surface area contributed by atoms with Crippen molar-refractivity contribution < 1.29 is 4.42 Å². The van der Waals surface area contributed by atoms with Crippen LogP contribution in [0.5, 0.6) is 0 Å². The van der Waals surface area contributed by atoms with Gasteiger partial charge in [-0.15, -0.1) is 0 Å². The highest BCUT2D eigenvalue weighted by atomic mass is 16.4. The molecule has 0 aliphatic carbocycles. The van der Waals surface area contributed by atoms with Crippen molar-refractivity contribution in [3.8, 4) is 0 Å². The fourth-order valence-corrected chi connectivity index (χ4v) is 2.35. The zero-order chi connectivity index (χ0) is 13.0. The molecule has 1 saturated heterocycles. The van der Waals surface area contributed by atoms with Crippen LogP contribution in [-0.4, -0.2) is 24.6 Å². The summed E-state index contributed by atoms with van der Waals surface area (Å²) in [6.07, 6.45) is 4.15. The first-order chi connectivity index (χ1) is 8.70. The van der Waals surface area contributed by atoms with E-state index in [9.17, 15) is 0 Å². The summed E-state index contributed by atoms with van der Waals surface area (Å²) in [5.41, 5.74) is 1.00. The maximum atomic E-state index is 5.59. The second kappa shape index (κ2) is 6.23. The first kappa shape index (κ1) is 13.4. The molecule has 0 saturated carbocycles. The van der Waals surface area contributed by atoms with Crippen molar-refractivity contribution in [1.29, 1.82) is 0 Å². The van der Waals surface area contributed by atoms with E-state index < -0.39 is 0 Å². The number of nitrogens with one attached hydrogen (secondary N) is 1. The van der Waals surface area contributed by atoms with Crippen molar-refractivity contribution in [3.63, 3.8) is 0 Å². The normalized spacial score (nSPS) is 24.5. The maximum absolute atomic E-state index is 5.59. The number of hydrogen-bond donors (Lipinski definition) is 1. The lowest BCUT2D eigenvalue weighted by Gasteiger charge is -2.34. The van der Waals surface area contributed by atoms with E-state index in [2.05, 4.69) is 36.0 Å². The Morgan fingerprint density at radius 3 is 3.00 bits per heavy atom. The molecular weight excluding hydrogens is 226 g/mol. The molecule has 1 N–H and O–H groups in total. The van der Waals surface area contributed by atoms with Gasteiger partial charge in [0, 0.05) is 19.6 Å². The average Bonchev–Trinajstić information content (AvgIpc) is 2.82. The van der Waals surface area contributed by atoms with Crippen molar-refractivity contribution in [1.82, 2.24) is 10.3 Å². The zero-order valence-electron chi connectivity index (χ0n) is 11.8. The van der Waals surface area contributed by atoms with E-state index in [4.69, 9.17) is 4.42 Å². The zero-order valence-corrected chi connectivity index (χ0v) is 11.8. The molecule has 0 spiro atoms. The SMILES string of the molecule is CCCNCc1coc(N2CCC(C)C(C)C2)n1. The predicted octanol–water partition coefficient (Wildman–Crippen LogP) is 2.66. The number of hydrogen-bond acceptors (Lipinski definition) is 4. The molecule has 18 heavy (non-hydrogen) atoms. The Hall–Kier alpha value is -1.03. The van der Waals surface area contributed by atoms with Crippen molar-refractivity contribution in [2.75, 3.05) is 24.5 Å². The van der Waals surface area contributed by atoms with Crippen LogP contribution < -0.4 is 10.2 Å². The van der Waals surface area contributed by atoms with Crippen LogP contribution in [0.3, 0.4) is 0 Å². The summed E-state index contributed by atoms with van der Waals surface area (Å²) in [6, 6.07) is 0.794. The molecule has 102 valence electrons. The lowest BCUT2D eigenvalue weighted by Crippen LogP contribution is -2.38. The highest BCUT2D eigenvalue weighted by molar-refractivity contribution is 5.28. The third kappa shape index (κ3) is 3.25. The van der Waals surface area contributed by atoms with E-state index in [-0.39, 0.29) is 0 Å². The minimum Gasteiger partial charge on any atom is -0.432 e. The van der Waals surface area contributed by atoms with Crippen LogP contribution >= 0.6 is 0 Å². The molecule has 0 bridgehead atoms. The summed E-state index contributed by atoms with van der Waals surface area (Å²) >= 11 is 0. The summed E-state index contributed by atoms with van der Waals surface area (Å²) in [7, 11) is 0. The second-order valence-electron chi connectivity index (χ2n) is 5.49. The Labute approximate surface area is 110 Å². The number of oxazole rings is 1. The van der Waals surface area contributed by atoms with Crippen LogP contribution in [0.25, 0.3) is 0 Å². The number of rotatable bonds is 5. The minimum absolute atomic E-state index is 0.715. The van der Waals surface area contributed by atoms with Crippen molar-refractivity contribution in [2.45, 2.75) is 40.2 Å². The number of nitrogens with zero attached hydrogens (tertiary/aromatic N) is 2. The summed E-state index contributed by atoms with van der Waals surface area (Å²) < 4.78 is 5.59. The molecule has 2 rings (SSSR count). The van der Waals surface area contributed by atoms with Crippen LogP contribution in [0.2, 0.25) is 0 Å². The van der Waals surface area contributed by atoms with E-state index in [0.717, 1.165) is 50.2 Å². The summed E-state index contributed by atoms with van der Waals surface area (Å²) in [6.45, 7) is 10.8. The summed E-state index contributed by atoms with van der Waals surface area (Å²) in [5.74, 6) is 1.52. The first-order valence-electron chi connectivity index (χ1n) is 7.10. The number of aromatic nitrogens is 1. The maximum Gasteiger partial charge on any atom is 0.297 e. The molecule has 0 amide bonds. The highest BCUT2D eigenvalue weighted by Crippen LogP contribution is 2.26. The van der Waals surface area contributed by atoms with Crippen LogP contribution in [0.4, 0.5) is 6.01 Å². The van der Waals surface area contributed by atoms with E-state index >= 15 is 0 Å². The largest absolute Gasteiger partial charge is 0.432 e.